The van der Waals surface area contributed by atoms with Gasteiger partial charge in [-0.05, 0) is 6.42 Å². The topological polar surface area (TPSA) is 63.6 Å². The molecule has 0 aliphatic rings. The number of esters is 1. The van der Waals surface area contributed by atoms with E-state index in [9.17, 15) is 22.8 Å². The average Bonchev–Trinajstić information content (AvgIpc) is 2.09. The Morgan fingerprint density at radius 1 is 1.40 bits per heavy atom. The number of halogens is 3. The van der Waals surface area contributed by atoms with Crippen molar-refractivity contribution in [3.05, 3.63) is 0 Å². The van der Waals surface area contributed by atoms with Crippen molar-refractivity contribution >= 4 is 11.9 Å². The van der Waals surface area contributed by atoms with E-state index >= 15 is 0 Å². The molecular weight excluding hydrogens is 217 g/mol. The van der Waals surface area contributed by atoms with Gasteiger partial charge in [0.2, 0.25) is 0 Å². The Kier molecular flexibility index (Phi) is 5.10. The summed E-state index contributed by atoms with van der Waals surface area (Å²) in [6.45, 7) is 0. The van der Waals surface area contributed by atoms with Crippen molar-refractivity contribution in [3.8, 4) is 0 Å². The van der Waals surface area contributed by atoms with Crippen LogP contribution in [0.2, 0.25) is 0 Å². The van der Waals surface area contributed by atoms with Gasteiger partial charge < -0.3 is 9.84 Å². The number of alkyl halides is 3. The van der Waals surface area contributed by atoms with E-state index in [0.29, 0.717) is 0 Å². The fourth-order valence-electron chi connectivity index (χ4n) is 0.935. The molecule has 15 heavy (non-hydrogen) atoms. The normalized spacial score (nSPS) is 13.3. The molecule has 0 fully saturated rings. The summed E-state index contributed by atoms with van der Waals surface area (Å²) in [5, 5.41) is 8.54. The molecule has 0 saturated carbocycles. The van der Waals surface area contributed by atoms with Crippen molar-refractivity contribution in [3.63, 3.8) is 0 Å². The van der Waals surface area contributed by atoms with E-state index in [2.05, 4.69) is 4.74 Å². The molecule has 0 aromatic heterocycles. The van der Waals surface area contributed by atoms with E-state index in [0.717, 1.165) is 7.11 Å². The van der Waals surface area contributed by atoms with Gasteiger partial charge in [-0.1, -0.05) is 0 Å². The van der Waals surface area contributed by atoms with E-state index in [1.165, 1.54) is 0 Å². The van der Waals surface area contributed by atoms with Crippen LogP contribution in [0.3, 0.4) is 0 Å². The highest BCUT2D eigenvalue weighted by molar-refractivity contribution is 5.78. The van der Waals surface area contributed by atoms with Gasteiger partial charge in [-0.3, -0.25) is 9.59 Å². The highest BCUT2D eigenvalue weighted by atomic mass is 19.4. The Bertz CT molecular complexity index is 237. The molecule has 0 spiro atoms. The molecule has 0 saturated heterocycles. The number of aliphatic carboxylic acids is 1. The molecular formula is C8H11F3O4. The fraction of sp³-hybridized carbons (Fsp3) is 0.750. The van der Waals surface area contributed by atoms with E-state index in [4.69, 9.17) is 5.11 Å². The molecule has 0 aliphatic carbocycles. The minimum absolute atomic E-state index is 0.540. The molecule has 7 heteroatoms. The minimum atomic E-state index is -4.41. The Morgan fingerprint density at radius 2 is 1.93 bits per heavy atom. The number of ether oxygens (including phenoxy) is 1. The third-order valence-electron chi connectivity index (χ3n) is 1.77. The number of carbonyl (C=O) groups excluding carboxylic acids is 1. The highest BCUT2D eigenvalue weighted by Crippen LogP contribution is 2.25. The SMILES string of the molecule is COC(=O)CC(CCC(F)(F)F)C(=O)O. The van der Waals surface area contributed by atoms with Gasteiger partial charge in [0.25, 0.3) is 0 Å². The number of carboxylic acid groups (broad SMARTS) is 1. The average molecular weight is 228 g/mol. The smallest absolute Gasteiger partial charge is 0.389 e. The van der Waals surface area contributed by atoms with Crippen molar-refractivity contribution < 1.29 is 32.6 Å². The zero-order chi connectivity index (χ0) is 12.1. The first-order valence-electron chi connectivity index (χ1n) is 4.12. The number of hydrogen-bond acceptors (Lipinski definition) is 3. The van der Waals surface area contributed by atoms with E-state index in [1.54, 1.807) is 0 Å². The van der Waals surface area contributed by atoms with Crippen LogP contribution in [0, 0.1) is 5.92 Å². The van der Waals surface area contributed by atoms with Crippen LogP contribution in [0.25, 0.3) is 0 Å². The van der Waals surface area contributed by atoms with Crippen molar-refractivity contribution in [2.75, 3.05) is 7.11 Å². The summed E-state index contributed by atoms with van der Waals surface area (Å²) >= 11 is 0. The molecule has 1 unspecified atom stereocenters. The summed E-state index contributed by atoms with van der Waals surface area (Å²) in [7, 11) is 1.05. The van der Waals surface area contributed by atoms with Crippen molar-refractivity contribution in [1.82, 2.24) is 0 Å². The van der Waals surface area contributed by atoms with Crippen LogP contribution in [0.4, 0.5) is 13.2 Å². The van der Waals surface area contributed by atoms with Gasteiger partial charge >= 0.3 is 18.1 Å². The second-order valence-electron chi connectivity index (χ2n) is 2.97. The van der Waals surface area contributed by atoms with Gasteiger partial charge in [-0.25, -0.2) is 0 Å². The van der Waals surface area contributed by atoms with Crippen molar-refractivity contribution in [2.24, 2.45) is 5.92 Å². The lowest BCUT2D eigenvalue weighted by atomic mass is 9.99. The first kappa shape index (κ1) is 13.7. The lowest BCUT2D eigenvalue weighted by Crippen LogP contribution is -2.21. The van der Waals surface area contributed by atoms with Crippen LogP contribution >= 0.6 is 0 Å². The number of methoxy groups -OCH3 is 1. The van der Waals surface area contributed by atoms with Crippen LogP contribution in [-0.4, -0.2) is 30.3 Å². The lowest BCUT2D eigenvalue weighted by Gasteiger charge is -2.12. The first-order chi connectivity index (χ1) is 6.76. The predicted molar refractivity (Wildman–Crippen MR) is 43.0 cm³/mol. The molecule has 1 N–H and O–H groups in total. The molecule has 0 aromatic rings. The maximum Gasteiger partial charge on any atom is 0.389 e. The molecule has 0 aromatic carbocycles. The maximum absolute atomic E-state index is 11.8. The fourth-order valence-corrected chi connectivity index (χ4v) is 0.935. The number of carboxylic acids is 1. The predicted octanol–water partition coefficient (Wildman–Crippen LogP) is 1.59. The molecule has 88 valence electrons. The summed E-state index contributed by atoms with van der Waals surface area (Å²) in [6.07, 6.45) is -6.79. The maximum atomic E-state index is 11.8. The third kappa shape index (κ3) is 6.75. The van der Waals surface area contributed by atoms with Gasteiger partial charge in [0.1, 0.15) is 0 Å². The standard InChI is InChI=1S/C8H11F3O4/c1-15-6(12)4-5(7(13)14)2-3-8(9,10)11/h5H,2-4H2,1H3,(H,13,14). The molecule has 0 aliphatic heterocycles. The van der Waals surface area contributed by atoms with E-state index in [1.807, 2.05) is 0 Å². The Hall–Kier alpha value is -1.27. The third-order valence-corrected chi connectivity index (χ3v) is 1.77. The van der Waals surface area contributed by atoms with E-state index < -0.39 is 43.3 Å². The molecule has 0 heterocycles. The Morgan fingerprint density at radius 3 is 2.27 bits per heavy atom. The number of carbonyl (C=O) groups is 2. The lowest BCUT2D eigenvalue weighted by molar-refractivity contribution is -0.155. The second-order valence-corrected chi connectivity index (χ2v) is 2.97. The van der Waals surface area contributed by atoms with Crippen LogP contribution in [-0.2, 0) is 14.3 Å². The van der Waals surface area contributed by atoms with Crippen LogP contribution in [0.15, 0.2) is 0 Å². The van der Waals surface area contributed by atoms with Crippen LogP contribution in [0.5, 0.6) is 0 Å². The van der Waals surface area contributed by atoms with Crippen LogP contribution in [0.1, 0.15) is 19.3 Å². The van der Waals surface area contributed by atoms with Gasteiger partial charge in [0, 0.05) is 6.42 Å². The van der Waals surface area contributed by atoms with Crippen molar-refractivity contribution in [2.45, 2.75) is 25.4 Å². The quantitative estimate of drug-likeness (QED) is 0.726. The summed E-state index contributed by atoms with van der Waals surface area (Å²) in [4.78, 5) is 21.2. The van der Waals surface area contributed by atoms with Crippen LogP contribution < -0.4 is 0 Å². The molecule has 0 radical (unpaired) electrons. The van der Waals surface area contributed by atoms with Gasteiger partial charge in [0.15, 0.2) is 0 Å². The molecule has 0 rings (SSSR count). The molecule has 0 amide bonds. The van der Waals surface area contributed by atoms with E-state index in [-0.39, 0.29) is 0 Å². The molecule has 1 atom stereocenters. The number of hydrogen-bond donors (Lipinski definition) is 1. The second kappa shape index (κ2) is 5.57. The van der Waals surface area contributed by atoms with Gasteiger partial charge in [-0.15, -0.1) is 0 Å². The summed E-state index contributed by atoms with van der Waals surface area (Å²) < 4.78 is 39.5. The first-order valence-corrected chi connectivity index (χ1v) is 4.12. The minimum Gasteiger partial charge on any atom is -0.481 e. The zero-order valence-corrected chi connectivity index (χ0v) is 8.00. The highest BCUT2D eigenvalue weighted by Gasteiger charge is 2.31. The summed E-state index contributed by atoms with van der Waals surface area (Å²) in [5.74, 6) is -3.60. The Balaban J connectivity index is 4.18. The summed E-state index contributed by atoms with van der Waals surface area (Å²) in [5.41, 5.74) is 0. The van der Waals surface area contributed by atoms with Crippen molar-refractivity contribution in [1.29, 1.82) is 0 Å². The Labute approximate surface area is 84.0 Å². The summed E-state index contributed by atoms with van der Waals surface area (Å²) in [6, 6.07) is 0. The molecule has 0 bridgehead atoms. The monoisotopic (exact) mass is 228 g/mol. The zero-order valence-electron chi connectivity index (χ0n) is 8.00. The van der Waals surface area contributed by atoms with Gasteiger partial charge in [-0.2, -0.15) is 13.2 Å². The van der Waals surface area contributed by atoms with Gasteiger partial charge in [0.05, 0.1) is 19.4 Å². The largest absolute Gasteiger partial charge is 0.481 e. The number of rotatable bonds is 5. The molecule has 4 nitrogen and oxygen atoms in total.